The molecule has 100 valence electrons. The summed E-state index contributed by atoms with van der Waals surface area (Å²) in [6.45, 7) is 3.32. The summed E-state index contributed by atoms with van der Waals surface area (Å²) in [5.41, 5.74) is 1.01. The number of rotatable bonds is 5. The molecule has 0 aromatic heterocycles. The van der Waals surface area contributed by atoms with Crippen LogP contribution in [-0.2, 0) is 11.3 Å². The third kappa shape index (κ3) is 3.51. The summed E-state index contributed by atoms with van der Waals surface area (Å²) in [5, 5.41) is 3.28. The molecule has 2 rings (SSSR count). The number of benzene rings is 1. The van der Waals surface area contributed by atoms with E-state index in [1.165, 1.54) is 6.07 Å². The van der Waals surface area contributed by atoms with Crippen molar-refractivity contribution in [3.05, 3.63) is 35.6 Å². The van der Waals surface area contributed by atoms with Crippen LogP contribution in [0.3, 0.4) is 0 Å². The quantitative estimate of drug-likeness (QED) is 0.859. The van der Waals surface area contributed by atoms with Gasteiger partial charge in [-0.2, -0.15) is 0 Å². The molecule has 0 saturated carbocycles. The van der Waals surface area contributed by atoms with Crippen LogP contribution >= 0.6 is 0 Å². The molecule has 0 bridgehead atoms. The molecule has 4 heteroatoms. The first-order chi connectivity index (χ1) is 8.69. The Labute approximate surface area is 108 Å². The first kappa shape index (κ1) is 13.5. The second-order valence-corrected chi connectivity index (χ2v) is 5.02. The maximum Gasteiger partial charge on any atom is 0.123 e. The van der Waals surface area contributed by atoms with E-state index in [2.05, 4.69) is 17.3 Å². The minimum absolute atomic E-state index is 0.168. The fraction of sp³-hybridized carbons (Fsp3) is 0.571. The van der Waals surface area contributed by atoms with Crippen LogP contribution in [0.15, 0.2) is 24.3 Å². The maximum absolute atomic E-state index is 13.1. The van der Waals surface area contributed by atoms with E-state index < -0.39 is 0 Å². The average Bonchev–Trinajstić information content (AvgIpc) is 2.76. The van der Waals surface area contributed by atoms with E-state index in [-0.39, 0.29) is 5.82 Å². The summed E-state index contributed by atoms with van der Waals surface area (Å²) in [4.78, 5) is 2.22. The van der Waals surface area contributed by atoms with Crippen LogP contribution in [0, 0.1) is 11.7 Å². The van der Waals surface area contributed by atoms with Crippen molar-refractivity contribution in [1.29, 1.82) is 0 Å². The smallest absolute Gasteiger partial charge is 0.123 e. The first-order valence-corrected chi connectivity index (χ1v) is 6.37. The predicted octanol–water partition coefficient (Wildman–Crippen LogP) is 1.49. The van der Waals surface area contributed by atoms with Gasteiger partial charge in [0.05, 0.1) is 13.2 Å². The average molecular weight is 252 g/mol. The van der Waals surface area contributed by atoms with Gasteiger partial charge in [-0.25, -0.2) is 4.39 Å². The highest BCUT2D eigenvalue weighted by atomic mass is 19.1. The first-order valence-electron chi connectivity index (χ1n) is 6.37. The molecular formula is C14H21FN2O. The Morgan fingerprint density at radius 2 is 2.28 bits per heavy atom. The van der Waals surface area contributed by atoms with E-state index in [9.17, 15) is 4.39 Å². The Morgan fingerprint density at radius 3 is 3.00 bits per heavy atom. The second kappa shape index (κ2) is 6.27. The van der Waals surface area contributed by atoms with Crippen LogP contribution in [-0.4, -0.2) is 44.8 Å². The van der Waals surface area contributed by atoms with Crippen LogP contribution in [0.1, 0.15) is 5.56 Å². The van der Waals surface area contributed by atoms with E-state index in [1.54, 1.807) is 12.1 Å². The molecular weight excluding hydrogens is 231 g/mol. The molecule has 1 aliphatic heterocycles. The Kier molecular flexibility index (Phi) is 4.69. The summed E-state index contributed by atoms with van der Waals surface area (Å²) in [7, 11) is 4.04. The second-order valence-electron chi connectivity index (χ2n) is 5.02. The number of nitrogens with zero attached hydrogens (tertiary/aromatic N) is 1. The molecule has 18 heavy (non-hydrogen) atoms. The van der Waals surface area contributed by atoms with Gasteiger partial charge in [0.1, 0.15) is 5.82 Å². The van der Waals surface area contributed by atoms with Crippen molar-refractivity contribution in [3.8, 4) is 0 Å². The van der Waals surface area contributed by atoms with Gasteiger partial charge in [-0.3, -0.25) is 0 Å². The molecule has 2 atom stereocenters. The number of hydrogen-bond acceptors (Lipinski definition) is 3. The Morgan fingerprint density at radius 1 is 1.44 bits per heavy atom. The topological polar surface area (TPSA) is 24.5 Å². The summed E-state index contributed by atoms with van der Waals surface area (Å²) < 4.78 is 18.6. The van der Waals surface area contributed by atoms with Crippen molar-refractivity contribution in [2.24, 2.45) is 5.92 Å². The van der Waals surface area contributed by atoms with Gasteiger partial charge in [-0.15, -0.1) is 0 Å². The lowest BCUT2D eigenvalue weighted by molar-refractivity contribution is 0.172. The van der Waals surface area contributed by atoms with Gasteiger partial charge in [0.2, 0.25) is 0 Å². The summed E-state index contributed by atoms with van der Waals surface area (Å²) in [6, 6.07) is 7.22. The van der Waals surface area contributed by atoms with Crippen molar-refractivity contribution < 1.29 is 9.13 Å². The van der Waals surface area contributed by atoms with E-state index >= 15 is 0 Å². The molecule has 3 nitrogen and oxygen atoms in total. The molecule has 1 N–H and O–H groups in total. The summed E-state index contributed by atoms with van der Waals surface area (Å²) >= 11 is 0. The molecule has 0 spiro atoms. The number of likely N-dealkylation sites (N-methyl/N-ethyl adjacent to an activating group) is 1. The zero-order valence-electron chi connectivity index (χ0n) is 11.0. The molecule has 1 aromatic carbocycles. The lowest BCUT2D eigenvalue weighted by Crippen LogP contribution is -2.38. The highest BCUT2D eigenvalue weighted by molar-refractivity contribution is 5.16. The maximum atomic E-state index is 13.1. The number of halogens is 1. The molecule has 0 aliphatic carbocycles. The Bertz CT molecular complexity index is 386. The van der Waals surface area contributed by atoms with Crippen LogP contribution < -0.4 is 5.32 Å². The summed E-state index contributed by atoms with van der Waals surface area (Å²) in [5.74, 6) is 0.340. The van der Waals surface area contributed by atoms with Crippen LogP contribution in [0.5, 0.6) is 0 Å². The van der Waals surface area contributed by atoms with Gasteiger partial charge in [-0.05, 0) is 31.8 Å². The number of nitrogens with one attached hydrogen (secondary N) is 1. The Balaban J connectivity index is 1.86. The zero-order valence-corrected chi connectivity index (χ0v) is 11.0. The van der Waals surface area contributed by atoms with E-state index in [0.717, 1.165) is 31.9 Å². The van der Waals surface area contributed by atoms with Crippen molar-refractivity contribution in [3.63, 3.8) is 0 Å². The molecule has 1 aliphatic rings. The molecule has 0 radical (unpaired) electrons. The molecule has 0 amide bonds. The van der Waals surface area contributed by atoms with Gasteiger partial charge in [0, 0.05) is 25.0 Å². The number of ether oxygens (including phenoxy) is 1. The molecule has 1 aromatic rings. The predicted molar refractivity (Wildman–Crippen MR) is 69.9 cm³/mol. The van der Waals surface area contributed by atoms with Crippen LogP contribution in [0.2, 0.25) is 0 Å². The lowest BCUT2D eigenvalue weighted by atomic mass is 10.0. The van der Waals surface area contributed by atoms with Gasteiger partial charge in [0.15, 0.2) is 0 Å². The zero-order chi connectivity index (χ0) is 13.0. The molecule has 1 heterocycles. The molecule has 1 saturated heterocycles. The normalized spacial score (nSPS) is 23.8. The van der Waals surface area contributed by atoms with Crippen LogP contribution in [0.25, 0.3) is 0 Å². The molecule has 2 unspecified atom stereocenters. The fourth-order valence-electron chi connectivity index (χ4n) is 2.51. The van der Waals surface area contributed by atoms with E-state index in [0.29, 0.717) is 12.0 Å². The van der Waals surface area contributed by atoms with Crippen molar-refractivity contribution in [2.75, 3.05) is 33.9 Å². The monoisotopic (exact) mass is 252 g/mol. The minimum atomic E-state index is -0.168. The van der Waals surface area contributed by atoms with Gasteiger partial charge in [-0.1, -0.05) is 12.1 Å². The van der Waals surface area contributed by atoms with Gasteiger partial charge in [0.25, 0.3) is 0 Å². The van der Waals surface area contributed by atoms with E-state index in [1.807, 2.05) is 13.1 Å². The van der Waals surface area contributed by atoms with Crippen molar-refractivity contribution in [2.45, 2.75) is 12.6 Å². The van der Waals surface area contributed by atoms with Gasteiger partial charge < -0.3 is 15.0 Å². The Hall–Kier alpha value is -0.970. The summed E-state index contributed by atoms with van der Waals surface area (Å²) in [6.07, 6.45) is 0. The third-order valence-corrected chi connectivity index (χ3v) is 3.46. The SMILES string of the molecule is CNC1COCC1CN(C)Cc1cccc(F)c1. The molecule has 1 fully saturated rings. The minimum Gasteiger partial charge on any atom is -0.379 e. The van der Waals surface area contributed by atoms with Crippen molar-refractivity contribution in [1.82, 2.24) is 10.2 Å². The largest absolute Gasteiger partial charge is 0.379 e. The fourth-order valence-corrected chi connectivity index (χ4v) is 2.51. The standard InChI is InChI=1S/C14H21FN2O/c1-16-14-10-18-9-12(14)8-17(2)7-11-4-3-5-13(15)6-11/h3-6,12,14,16H,7-10H2,1-2H3. The number of hydrogen-bond donors (Lipinski definition) is 1. The van der Waals surface area contributed by atoms with Crippen molar-refractivity contribution >= 4 is 0 Å². The van der Waals surface area contributed by atoms with Gasteiger partial charge >= 0.3 is 0 Å². The lowest BCUT2D eigenvalue weighted by Gasteiger charge is -2.24. The van der Waals surface area contributed by atoms with E-state index in [4.69, 9.17) is 4.74 Å². The highest BCUT2D eigenvalue weighted by Gasteiger charge is 2.27. The highest BCUT2D eigenvalue weighted by Crippen LogP contribution is 2.15. The third-order valence-electron chi connectivity index (χ3n) is 3.46. The van der Waals surface area contributed by atoms with Crippen LogP contribution in [0.4, 0.5) is 4.39 Å².